The number of H-pyrrole nitrogens is 1. The number of carbonyl (C=O) groups excluding carboxylic acids is 1. The molecule has 3 rings (SSSR count). The van der Waals surface area contributed by atoms with E-state index in [0.717, 1.165) is 13.2 Å². The number of ether oxygens (including phenoxy) is 4. The Balaban J connectivity index is 0.00000199. The van der Waals surface area contributed by atoms with E-state index in [0.29, 0.717) is 28.2 Å². The van der Waals surface area contributed by atoms with Crippen LogP contribution in [0.3, 0.4) is 0 Å². The van der Waals surface area contributed by atoms with Crippen LogP contribution in [0.15, 0.2) is 30.5 Å². The highest BCUT2D eigenvalue weighted by atomic mass is 19.4. The third-order valence-electron chi connectivity index (χ3n) is 4.36. The molecule has 0 atom stereocenters. The molecule has 0 amide bonds. The first-order valence-electron chi connectivity index (χ1n) is 9.83. The van der Waals surface area contributed by atoms with Crippen LogP contribution in [0, 0.1) is 6.92 Å². The fourth-order valence-corrected chi connectivity index (χ4v) is 3.03. The van der Waals surface area contributed by atoms with E-state index < -0.39 is 18.1 Å². The Morgan fingerprint density at radius 1 is 1.12 bits per heavy atom. The van der Waals surface area contributed by atoms with Crippen molar-refractivity contribution >= 4 is 5.97 Å². The summed E-state index contributed by atoms with van der Waals surface area (Å²) in [5.41, 5.74) is 2.19. The lowest BCUT2D eigenvalue weighted by atomic mass is 10.0. The first-order valence-corrected chi connectivity index (χ1v) is 9.83. The summed E-state index contributed by atoms with van der Waals surface area (Å²) in [6.07, 6.45) is -3.48. The van der Waals surface area contributed by atoms with Crippen molar-refractivity contribution in [2.24, 2.45) is 0 Å². The smallest absolute Gasteiger partial charge is 0.496 e. The number of aromatic nitrogens is 3. The number of aryl methyl sites for hydroxylation is 1. The molecule has 2 N–H and O–H groups in total. The number of rotatable bonds is 7. The van der Waals surface area contributed by atoms with Crippen molar-refractivity contribution < 1.29 is 42.0 Å². The van der Waals surface area contributed by atoms with Gasteiger partial charge in [-0.25, -0.2) is 14.8 Å². The number of esters is 1. The summed E-state index contributed by atoms with van der Waals surface area (Å²) in [4.78, 5) is 23.5. The molecule has 0 aliphatic heterocycles. The van der Waals surface area contributed by atoms with Crippen LogP contribution in [0.25, 0.3) is 22.6 Å². The monoisotopic (exact) mass is 483 g/mol. The van der Waals surface area contributed by atoms with Crippen molar-refractivity contribution in [3.05, 3.63) is 41.7 Å². The van der Waals surface area contributed by atoms with Gasteiger partial charge in [-0.2, -0.15) is 0 Å². The minimum absolute atomic E-state index is 0.139. The van der Waals surface area contributed by atoms with Gasteiger partial charge in [-0.05, 0) is 37.6 Å². The number of halogens is 3. The zero-order chi connectivity index (χ0) is 25.5. The molecule has 3 aromatic rings. The highest BCUT2D eigenvalue weighted by Gasteiger charge is 2.31. The third kappa shape index (κ3) is 6.16. The Bertz CT molecular complexity index is 1130. The zero-order valence-electron chi connectivity index (χ0n) is 19.1. The van der Waals surface area contributed by atoms with Crippen LogP contribution >= 0.6 is 0 Å². The molecule has 2 heterocycles. The van der Waals surface area contributed by atoms with Crippen LogP contribution in [-0.4, -0.2) is 60.3 Å². The molecule has 0 fully saturated rings. The van der Waals surface area contributed by atoms with Crippen molar-refractivity contribution in [1.29, 1.82) is 0 Å². The van der Waals surface area contributed by atoms with E-state index in [9.17, 15) is 18.0 Å². The summed E-state index contributed by atoms with van der Waals surface area (Å²) in [6.45, 7) is 3.68. The average Bonchev–Trinajstić information content (AvgIpc) is 3.30. The van der Waals surface area contributed by atoms with Gasteiger partial charge in [-0.1, -0.05) is 0 Å². The third-order valence-corrected chi connectivity index (χ3v) is 4.36. The summed E-state index contributed by atoms with van der Waals surface area (Å²) >= 11 is 0. The average molecular weight is 483 g/mol. The van der Waals surface area contributed by atoms with Crippen molar-refractivity contribution in [2.75, 3.05) is 27.9 Å². The Morgan fingerprint density at radius 2 is 1.82 bits per heavy atom. The predicted molar refractivity (Wildman–Crippen MR) is 116 cm³/mol. The van der Waals surface area contributed by atoms with E-state index in [4.69, 9.17) is 19.3 Å². The number of benzene rings is 1. The highest BCUT2D eigenvalue weighted by Crippen LogP contribution is 2.38. The molecule has 12 heteroatoms. The number of hydrogen-bond donors (Lipinski definition) is 2. The number of hydrogen-bond acceptors (Lipinski definition) is 8. The normalized spacial score (nSPS) is 10.7. The first-order chi connectivity index (χ1) is 16.2. The van der Waals surface area contributed by atoms with Gasteiger partial charge in [0.1, 0.15) is 23.0 Å². The number of nitrogens with one attached hydrogen (secondary N) is 1. The van der Waals surface area contributed by atoms with Gasteiger partial charge in [0.05, 0.1) is 38.3 Å². The summed E-state index contributed by atoms with van der Waals surface area (Å²) in [7, 11) is 3.74. The minimum atomic E-state index is -4.82. The molecule has 0 radical (unpaired) electrons. The Morgan fingerprint density at radius 3 is 2.41 bits per heavy atom. The largest absolute Gasteiger partial charge is 0.573 e. The van der Waals surface area contributed by atoms with Crippen LogP contribution in [-0.2, 0) is 4.74 Å². The number of aromatic amines is 1. The maximum Gasteiger partial charge on any atom is 0.573 e. The fraction of sp³-hybridized carbons (Fsp3) is 0.318. The molecule has 1 aromatic carbocycles. The summed E-state index contributed by atoms with van der Waals surface area (Å²) in [6, 6.07) is 5.45. The molecule has 34 heavy (non-hydrogen) atoms. The van der Waals surface area contributed by atoms with E-state index in [-0.39, 0.29) is 23.9 Å². The first kappa shape index (κ1) is 26.5. The SMILES string of the molecule is CCOC(=O)c1cnc(-c2cc(C)c(-c3ccc(OC(F)(F)F)cc3OC)nc2OC)[nH]1.CO. The number of imidazole rings is 1. The van der Waals surface area contributed by atoms with Gasteiger partial charge in [0.15, 0.2) is 0 Å². The molecule has 0 saturated carbocycles. The number of aliphatic hydroxyl groups is 1. The van der Waals surface area contributed by atoms with Crippen LogP contribution in [0.1, 0.15) is 23.0 Å². The Labute approximate surface area is 193 Å². The molecule has 0 spiro atoms. The molecule has 0 unspecified atom stereocenters. The number of alkyl halides is 3. The van der Waals surface area contributed by atoms with Crippen molar-refractivity contribution in [3.8, 4) is 40.0 Å². The number of aliphatic hydroxyl groups excluding tert-OH is 1. The second kappa shape index (κ2) is 11.4. The quantitative estimate of drug-likeness (QED) is 0.482. The minimum Gasteiger partial charge on any atom is -0.496 e. The van der Waals surface area contributed by atoms with E-state index in [1.807, 2.05) is 0 Å². The lowest BCUT2D eigenvalue weighted by molar-refractivity contribution is -0.274. The van der Waals surface area contributed by atoms with Gasteiger partial charge >= 0.3 is 12.3 Å². The second-order valence-corrected chi connectivity index (χ2v) is 6.49. The highest BCUT2D eigenvalue weighted by molar-refractivity contribution is 5.88. The molecule has 184 valence electrons. The number of carbonyl (C=O) groups is 1. The van der Waals surface area contributed by atoms with Crippen LogP contribution in [0.5, 0.6) is 17.4 Å². The fourth-order valence-electron chi connectivity index (χ4n) is 3.03. The van der Waals surface area contributed by atoms with Gasteiger partial charge in [0.25, 0.3) is 0 Å². The molecule has 0 aliphatic rings. The van der Waals surface area contributed by atoms with Crippen molar-refractivity contribution in [3.63, 3.8) is 0 Å². The molecule has 0 saturated heterocycles. The van der Waals surface area contributed by atoms with Crippen LogP contribution in [0.2, 0.25) is 0 Å². The van der Waals surface area contributed by atoms with Gasteiger partial charge in [0.2, 0.25) is 5.88 Å². The molecule has 2 aromatic heterocycles. The van der Waals surface area contributed by atoms with Gasteiger partial charge in [0, 0.05) is 18.7 Å². The lowest BCUT2D eigenvalue weighted by Crippen LogP contribution is -2.17. The maximum absolute atomic E-state index is 12.5. The van der Waals surface area contributed by atoms with Crippen molar-refractivity contribution in [2.45, 2.75) is 20.2 Å². The van der Waals surface area contributed by atoms with Crippen molar-refractivity contribution in [1.82, 2.24) is 15.0 Å². The number of nitrogens with zero attached hydrogens (tertiary/aromatic N) is 2. The second-order valence-electron chi connectivity index (χ2n) is 6.49. The summed E-state index contributed by atoms with van der Waals surface area (Å²) in [5, 5.41) is 7.00. The topological polar surface area (TPSA) is 116 Å². The zero-order valence-corrected chi connectivity index (χ0v) is 19.1. The molecular formula is C22H24F3N3O6. The van der Waals surface area contributed by atoms with E-state index >= 15 is 0 Å². The van der Waals surface area contributed by atoms with E-state index in [2.05, 4.69) is 19.7 Å². The predicted octanol–water partition coefficient (Wildman–Crippen LogP) is 4.15. The molecular weight excluding hydrogens is 459 g/mol. The number of methoxy groups -OCH3 is 2. The van der Waals surface area contributed by atoms with Crippen LogP contribution < -0.4 is 14.2 Å². The molecule has 9 nitrogen and oxygen atoms in total. The van der Waals surface area contributed by atoms with Gasteiger partial charge in [-0.15, -0.1) is 13.2 Å². The Hall–Kier alpha value is -3.80. The van der Waals surface area contributed by atoms with E-state index in [1.54, 1.807) is 19.9 Å². The maximum atomic E-state index is 12.5. The van der Waals surface area contributed by atoms with Gasteiger partial charge in [-0.3, -0.25) is 0 Å². The lowest BCUT2D eigenvalue weighted by Gasteiger charge is -2.15. The Kier molecular flexibility index (Phi) is 8.84. The summed E-state index contributed by atoms with van der Waals surface area (Å²) < 4.78 is 57.1. The van der Waals surface area contributed by atoms with Gasteiger partial charge < -0.3 is 29.0 Å². The van der Waals surface area contributed by atoms with E-state index in [1.165, 1.54) is 32.5 Å². The summed E-state index contributed by atoms with van der Waals surface area (Å²) in [5.74, 6) is -0.292. The molecule has 0 bridgehead atoms. The number of pyridine rings is 1. The standard InChI is InChI=1S/C21H20F3N3O5.CH4O/c1-5-31-20(28)15-10-25-18(26-15)14-8-11(2)17(27-19(14)30-4)13-7-6-12(9-16(13)29-3)32-21(22,23)24;1-2/h6-10H,5H2,1-4H3,(H,25,26);2H,1H3. The van der Waals surface area contributed by atoms with Crippen LogP contribution in [0.4, 0.5) is 13.2 Å². The molecule has 0 aliphatic carbocycles.